The summed E-state index contributed by atoms with van der Waals surface area (Å²) in [5.41, 5.74) is 2.47. The van der Waals surface area contributed by atoms with Crippen molar-refractivity contribution in [3.05, 3.63) is 98.6 Å². The fraction of sp³-hybridized carbons (Fsp3) is 0.471. The van der Waals surface area contributed by atoms with Crippen molar-refractivity contribution in [1.29, 1.82) is 0 Å². The minimum absolute atomic E-state index is 0. The first-order chi connectivity index (χ1) is 16.1. The maximum absolute atomic E-state index is 2.55. The van der Waals surface area contributed by atoms with Crippen molar-refractivity contribution in [3.63, 3.8) is 0 Å². The van der Waals surface area contributed by atoms with Gasteiger partial charge in [-0.25, -0.2) is 0 Å². The Hall–Kier alpha value is -0.701. The normalized spacial score (nSPS) is 15.9. The maximum atomic E-state index is 2.55. The van der Waals surface area contributed by atoms with E-state index in [1.54, 1.807) is 10.9 Å². The molecule has 0 bridgehead atoms. The summed E-state index contributed by atoms with van der Waals surface area (Å²) in [6.07, 6.45) is 12.4. The van der Waals surface area contributed by atoms with Gasteiger partial charge in [0.15, 0.2) is 0 Å². The zero-order valence-electron chi connectivity index (χ0n) is 25.0. The summed E-state index contributed by atoms with van der Waals surface area (Å²) in [6.45, 7) is 17.3. The molecule has 2 aliphatic rings. The van der Waals surface area contributed by atoms with Gasteiger partial charge in [0.2, 0.25) is 0 Å². The molecule has 0 amide bonds. The van der Waals surface area contributed by atoms with Gasteiger partial charge in [-0.1, -0.05) is 135 Å². The zero-order chi connectivity index (χ0) is 24.8. The summed E-state index contributed by atoms with van der Waals surface area (Å²) >= 11 is 0. The van der Waals surface area contributed by atoms with Crippen molar-refractivity contribution in [3.8, 4) is 0 Å². The first kappa shape index (κ1) is 36.3. The molecule has 0 N–H and O–H groups in total. The molecule has 2 aliphatic carbocycles. The molecule has 0 spiro atoms. The van der Waals surface area contributed by atoms with Gasteiger partial charge in [-0.3, -0.25) is 0 Å². The van der Waals surface area contributed by atoms with Crippen LogP contribution < -0.4 is 10.6 Å². The summed E-state index contributed by atoms with van der Waals surface area (Å²) < 4.78 is 0. The van der Waals surface area contributed by atoms with Crippen molar-refractivity contribution in [2.45, 2.75) is 103 Å². The van der Waals surface area contributed by atoms with Gasteiger partial charge in [-0.15, -0.1) is 0 Å². The Labute approximate surface area is 244 Å². The summed E-state index contributed by atoms with van der Waals surface area (Å²) in [6, 6.07) is 22.5. The van der Waals surface area contributed by atoms with E-state index in [4.69, 9.17) is 0 Å². The third-order valence-electron chi connectivity index (χ3n) is 6.77. The molecule has 0 unspecified atom stereocenters. The van der Waals surface area contributed by atoms with Gasteiger partial charge in [0.05, 0.1) is 0 Å². The Kier molecular flexibility index (Phi) is 16.1. The summed E-state index contributed by atoms with van der Waals surface area (Å²) in [7, 11) is -0.582. The molecule has 0 fully saturated rings. The van der Waals surface area contributed by atoms with Crippen LogP contribution in [0.1, 0.15) is 87.0 Å². The second-order valence-corrected chi connectivity index (χ2v) is 18.1. The quantitative estimate of drug-likeness (QED) is 0.143. The topological polar surface area (TPSA) is 0 Å². The van der Waals surface area contributed by atoms with E-state index in [2.05, 4.69) is 121 Å². The fourth-order valence-electron chi connectivity index (χ4n) is 5.98. The molecule has 0 radical (unpaired) electrons. The first-order valence-corrected chi connectivity index (χ1v) is 15.9. The smallest absolute Gasteiger partial charge is 0.358 e. The monoisotopic (exact) mass is 578 g/mol. The van der Waals surface area contributed by atoms with Gasteiger partial charge in [0.25, 0.3) is 0 Å². The Morgan fingerprint density at radius 2 is 1.08 bits per heavy atom. The van der Waals surface area contributed by atoms with Crippen LogP contribution in [0, 0.1) is 14.9 Å². The Morgan fingerprint density at radius 3 is 1.43 bits per heavy atom. The Balaban J connectivity index is 0.00000145. The van der Waals surface area contributed by atoms with Gasteiger partial charge in [-0.2, -0.15) is 0 Å². The van der Waals surface area contributed by atoms with E-state index in [9.17, 15) is 0 Å². The molecule has 2 aromatic rings. The largest absolute Gasteiger partial charge is 2.00 e. The third kappa shape index (κ3) is 10.1. The van der Waals surface area contributed by atoms with E-state index < -0.39 is 7.92 Å². The maximum Gasteiger partial charge on any atom is 2.00 e. The summed E-state index contributed by atoms with van der Waals surface area (Å²) in [5, 5.41) is 5.49. The van der Waals surface area contributed by atoms with E-state index in [1.165, 1.54) is 49.1 Å². The molecule has 0 aliphatic heterocycles. The van der Waals surface area contributed by atoms with E-state index in [0.717, 1.165) is 0 Å². The number of hydrogen-bond donors (Lipinski definition) is 0. The van der Waals surface area contributed by atoms with E-state index >= 15 is 0 Å². The van der Waals surface area contributed by atoms with Crippen molar-refractivity contribution < 1.29 is 17.1 Å². The van der Waals surface area contributed by atoms with Gasteiger partial charge >= 0.3 is 17.1 Å². The molecule has 1 atom stereocenters. The van der Waals surface area contributed by atoms with Crippen molar-refractivity contribution in [2.75, 3.05) is 0 Å². The van der Waals surface area contributed by atoms with Crippen LogP contribution in [0.3, 0.4) is 0 Å². The van der Waals surface area contributed by atoms with Gasteiger partial charge in [0, 0.05) is 0 Å². The van der Waals surface area contributed by atoms with Crippen molar-refractivity contribution in [1.82, 2.24) is 0 Å². The predicted molar refractivity (Wildman–Crippen MR) is 172 cm³/mol. The van der Waals surface area contributed by atoms with Crippen LogP contribution in [-0.4, -0.2) is 16.0 Å². The minimum atomic E-state index is -0.430. The number of rotatable bonds is 5. The van der Waals surface area contributed by atoms with Gasteiger partial charge < -0.3 is 14.9 Å². The fourth-order valence-corrected chi connectivity index (χ4v) is 13.9. The molecule has 37 heavy (non-hydrogen) atoms. The van der Waals surface area contributed by atoms with Crippen LogP contribution in [0.4, 0.5) is 0 Å². The molecule has 0 heterocycles. The second-order valence-electron chi connectivity index (χ2n) is 11.6. The van der Waals surface area contributed by atoms with Gasteiger partial charge in [-0.05, 0) is 78.3 Å². The van der Waals surface area contributed by atoms with E-state index in [-0.39, 0.29) is 39.8 Å². The first-order valence-electron chi connectivity index (χ1n) is 13.2. The third-order valence-corrected chi connectivity index (χ3v) is 13.4. The zero-order valence-corrected chi connectivity index (χ0v) is 27.9. The molecule has 206 valence electrons. The van der Waals surface area contributed by atoms with Crippen LogP contribution in [0.2, 0.25) is 0 Å². The number of hydrogen-bond acceptors (Lipinski definition) is 0. The second kappa shape index (κ2) is 16.4. The summed E-state index contributed by atoms with van der Waals surface area (Å²) in [5.74, 6) is 0. The van der Waals surface area contributed by atoms with Crippen LogP contribution in [0.15, 0.2) is 83.7 Å². The van der Waals surface area contributed by atoms with Crippen molar-refractivity contribution in [2.24, 2.45) is 0 Å². The van der Waals surface area contributed by atoms with Crippen molar-refractivity contribution >= 4 is 26.5 Å². The molecular formula is C34H52FeP2. The standard InChI is InChI=1S/C27H38P2.C5H8.2CH3.Fe/c1-21(29(26(2,3)4)27(5,6)7)24-19-14-20-25(24)28(22-15-10-8-11-16-22)23-17-12-9-13-18-23;1-2-4-5-3-1;;;/h8-13,15-18,21H,14,19-20H2,1-7H3;1-2H,3-5H2;2*1H3;/q;;2*-1;+2/t21-;;;;/m1..../s1. The SMILES string of the molecule is C1=CCCC1.C[C@H](C1=C(P(c2ccccc2)c2ccccc2)CCC1)P(C(C)(C)C)C(C)(C)C.[CH3-].[CH3-].[Fe+2]. The molecule has 2 aromatic carbocycles. The van der Waals surface area contributed by atoms with Crippen LogP contribution in [-0.2, 0) is 17.1 Å². The van der Waals surface area contributed by atoms with Crippen LogP contribution in [0.25, 0.3) is 0 Å². The molecule has 0 aromatic heterocycles. The number of benzene rings is 2. The number of allylic oxidation sites excluding steroid dienone is 4. The van der Waals surface area contributed by atoms with Crippen LogP contribution >= 0.6 is 15.8 Å². The van der Waals surface area contributed by atoms with E-state index in [1.807, 2.05) is 0 Å². The molecule has 0 saturated heterocycles. The summed E-state index contributed by atoms with van der Waals surface area (Å²) in [4.78, 5) is 0. The molecular weight excluding hydrogens is 526 g/mol. The average Bonchev–Trinajstić information content (AvgIpc) is 3.49. The minimum Gasteiger partial charge on any atom is -0.358 e. The molecule has 4 rings (SSSR count). The molecule has 3 heteroatoms. The predicted octanol–water partition coefficient (Wildman–Crippen LogP) is 10.6. The molecule has 0 saturated carbocycles. The van der Waals surface area contributed by atoms with Gasteiger partial charge in [0.1, 0.15) is 0 Å². The Morgan fingerprint density at radius 1 is 0.649 bits per heavy atom. The Bertz CT molecular complexity index is 889. The van der Waals surface area contributed by atoms with Crippen LogP contribution in [0.5, 0.6) is 0 Å². The molecule has 0 nitrogen and oxygen atoms in total. The average molecular weight is 579 g/mol. The van der Waals surface area contributed by atoms with E-state index in [0.29, 0.717) is 16.0 Å².